The molecule has 5 heteroatoms. The molecule has 0 aliphatic heterocycles. The minimum atomic E-state index is 0.457. The third kappa shape index (κ3) is 6.08. The lowest BCUT2D eigenvalue weighted by Crippen LogP contribution is -2.34. The first kappa shape index (κ1) is 15.3. The summed E-state index contributed by atoms with van der Waals surface area (Å²) in [5, 5.41) is 3.08. The van der Waals surface area contributed by atoms with Gasteiger partial charge in [0.1, 0.15) is 0 Å². The van der Waals surface area contributed by atoms with Crippen LogP contribution < -0.4 is 15.8 Å². The largest absolute Gasteiger partial charge is 0.477 e. The maximum atomic E-state index is 5.80. The predicted octanol–water partition coefficient (Wildman–Crippen LogP) is 1.93. The number of nitrogens with one attached hydrogen (secondary N) is 1. The molecule has 0 aliphatic rings. The van der Waals surface area contributed by atoms with E-state index in [0.717, 1.165) is 18.5 Å². The maximum absolute atomic E-state index is 5.80. The lowest BCUT2D eigenvalue weighted by atomic mass is 10.2. The van der Waals surface area contributed by atoms with E-state index in [1.807, 2.05) is 12.1 Å². The molecule has 19 heavy (non-hydrogen) atoms. The van der Waals surface area contributed by atoms with Gasteiger partial charge in [-0.05, 0) is 18.4 Å². The SMILES string of the molecule is CCCOc1ncccc1CN=C(N)NCC(C)C. The van der Waals surface area contributed by atoms with Gasteiger partial charge in [-0.2, -0.15) is 0 Å². The number of rotatable bonds is 7. The fraction of sp³-hybridized carbons (Fsp3) is 0.571. The quantitative estimate of drug-likeness (QED) is 0.583. The van der Waals surface area contributed by atoms with Gasteiger partial charge in [-0.25, -0.2) is 9.98 Å². The summed E-state index contributed by atoms with van der Waals surface area (Å²) in [6.45, 7) is 8.27. The Hall–Kier alpha value is -1.78. The average Bonchev–Trinajstić information content (AvgIpc) is 2.41. The Morgan fingerprint density at radius 3 is 3.00 bits per heavy atom. The molecule has 106 valence electrons. The molecule has 1 heterocycles. The van der Waals surface area contributed by atoms with Gasteiger partial charge in [-0.15, -0.1) is 0 Å². The van der Waals surface area contributed by atoms with Crippen LogP contribution in [0.25, 0.3) is 0 Å². The smallest absolute Gasteiger partial charge is 0.218 e. The Morgan fingerprint density at radius 2 is 2.32 bits per heavy atom. The second-order valence-electron chi connectivity index (χ2n) is 4.79. The van der Waals surface area contributed by atoms with E-state index in [1.54, 1.807) is 6.20 Å². The molecule has 0 fully saturated rings. The standard InChI is InChI=1S/C14H24N4O/c1-4-8-19-13-12(6-5-7-16-13)10-18-14(15)17-9-11(2)3/h5-7,11H,4,8-10H2,1-3H3,(H3,15,17,18). The van der Waals surface area contributed by atoms with Crippen molar-refractivity contribution in [3.63, 3.8) is 0 Å². The van der Waals surface area contributed by atoms with Crippen molar-refractivity contribution in [2.75, 3.05) is 13.2 Å². The number of ether oxygens (including phenoxy) is 1. The summed E-state index contributed by atoms with van der Waals surface area (Å²) in [4.78, 5) is 8.51. The molecule has 0 bridgehead atoms. The number of aliphatic imine (C=N–C) groups is 1. The Labute approximate surface area is 115 Å². The van der Waals surface area contributed by atoms with Crippen LogP contribution in [0.2, 0.25) is 0 Å². The molecule has 0 saturated heterocycles. The second-order valence-corrected chi connectivity index (χ2v) is 4.79. The van der Waals surface area contributed by atoms with E-state index in [4.69, 9.17) is 10.5 Å². The van der Waals surface area contributed by atoms with Crippen LogP contribution in [0.15, 0.2) is 23.3 Å². The highest BCUT2D eigenvalue weighted by atomic mass is 16.5. The first-order valence-electron chi connectivity index (χ1n) is 6.74. The van der Waals surface area contributed by atoms with Crippen molar-refractivity contribution in [2.45, 2.75) is 33.7 Å². The van der Waals surface area contributed by atoms with E-state index >= 15 is 0 Å². The lowest BCUT2D eigenvalue weighted by molar-refractivity contribution is 0.302. The first-order valence-corrected chi connectivity index (χ1v) is 6.74. The van der Waals surface area contributed by atoms with Crippen LogP contribution in [0, 0.1) is 5.92 Å². The van der Waals surface area contributed by atoms with Crippen molar-refractivity contribution in [1.29, 1.82) is 0 Å². The van der Waals surface area contributed by atoms with Crippen molar-refractivity contribution in [1.82, 2.24) is 10.3 Å². The predicted molar refractivity (Wildman–Crippen MR) is 78.2 cm³/mol. The van der Waals surface area contributed by atoms with Crippen LogP contribution >= 0.6 is 0 Å². The third-order valence-corrected chi connectivity index (χ3v) is 2.40. The molecule has 0 aromatic carbocycles. The fourth-order valence-corrected chi connectivity index (χ4v) is 1.41. The number of nitrogens with zero attached hydrogens (tertiary/aromatic N) is 2. The minimum Gasteiger partial charge on any atom is -0.477 e. The van der Waals surface area contributed by atoms with E-state index in [0.29, 0.717) is 30.9 Å². The summed E-state index contributed by atoms with van der Waals surface area (Å²) in [6.07, 6.45) is 2.68. The summed E-state index contributed by atoms with van der Waals surface area (Å²) in [6, 6.07) is 3.83. The fourth-order valence-electron chi connectivity index (χ4n) is 1.41. The molecular weight excluding hydrogens is 240 g/mol. The Bertz CT molecular complexity index is 404. The van der Waals surface area contributed by atoms with Crippen molar-refractivity contribution < 1.29 is 4.74 Å². The summed E-state index contributed by atoms with van der Waals surface area (Å²) >= 11 is 0. The first-order chi connectivity index (χ1) is 9.13. The van der Waals surface area contributed by atoms with Crippen LogP contribution in [0.1, 0.15) is 32.8 Å². The molecule has 1 aromatic rings. The topological polar surface area (TPSA) is 72.5 Å². The van der Waals surface area contributed by atoms with Gasteiger partial charge in [0, 0.05) is 18.3 Å². The number of hydrogen-bond acceptors (Lipinski definition) is 3. The monoisotopic (exact) mass is 264 g/mol. The highest BCUT2D eigenvalue weighted by Gasteiger charge is 2.04. The van der Waals surface area contributed by atoms with E-state index < -0.39 is 0 Å². The maximum Gasteiger partial charge on any atom is 0.218 e. The molecule has 3 N–H and O–H groups in total. The number of aromatic nitrogens is 1. The zero-order chi connectivity index (χ0) is 14.1. The highest BCUT2D eigenvalue weighted by Crippen LogP contribution is 2.15. The zero-order valence-electron chi connectivity index (χ0n) is 12.0. The molecule has 0 atom stereocenters. The molecule has 0 unspecified atom stereocenters. The zero-order valence-corrected chi connectivity index (χ0v) is 12.0. The average molecular weight is 264 g/mol. The van der Waals surface area contributed by atoms with Gasteiger partial charge in [-0.3, -0.25) is 0 Å². The summed E-state index contributed by atoms with van der Waals surface area (Å²) < 4.78 is 5.58. The van der Waals surface area contributed by atoms with E-state index in [1.165, 1.54) is 0 Å². The molecule has 1 rings (SSSR count). The number of nitrogens with two attached hydrogens (primary N) is 1. The van der Waals surface area contributed by atoms with Gasteiger partial charge in [0.25, 0.3) is 0 Å². The third-order valence-electron chi connectivity index (χ3n) is 2.40. The molecular formula is C14H24N4O. The summed E-state index contributed by atoms with van der Waals surface area (Å²) in [5.41, 5.74) is 6.75. The van der Waals surface area contributed by atoms with Gasteiger partial charge in [0.15, 0.2) is 5.96 Å². The Balaban J connectivity index is 2.58. The van der Waals surface area contributed by atoms with Crippen LogP contribution in [0.4, 0.5) is 0 Å². The molecule has 0 amide bonds. The highest BCUT2D eigenvalue weighted by molar-refractivity contribution is 5.77. The van der Waals surface area contributed by atoms with Crippen molar-refractivity contribution >= 4 is 5.96 Å². The van der Waals surface area contributed by atoms with Crippen LogP contribution in [-0.2, 0) is 6.54 Å². The van der Waals surface area contributed by atoms with Crippen LogP contribution in [-0.4, -0.2) is 24.1 Å². The normalized spacial score (nSPS) is 11.7. The molecule has 1 aromatic heterocycles. The molecule has 5 nitrogen and oxygen atoms in total. The van der Waals surface area contributed by atoms with E-state index in [9.17, 15) is 0 Å². The number of hydrogen-bond donors (Lipinski definition) is 2. The molecule has 0 aliphatic carbocycles. The number of pyridine rings is 1. The molecule has 0 spiro atoms. The Morgan fingerprint density at radius 1 is 1.53 bits per heavy atom. The van der Waals surface area contributed by atoms with Crippen LogP contribution in [0.3, 0.4) is 0 Å². The van der Waals surface area contributed by atoms with E-state index in [2.05, 4.69) is 36.1 Å². The minimum absolute atomic E-state index is 0.457. The molecule has 0 saturated carbocycles. The van der Waals surface area contributed by atoms with Crippen molar-refractivity contribution in [3.05, 3.63) is 23.9 Å². The summed E-state index contributed by atoms with van der Waals surface area (Å²) in [5.74, 6) is 1.64. The van der Waals surface area contributed by atoms with Gasteiger partial charge in [0.2, 0.25) is 5.88 Å². The number of guanidine groups is 1. The Kier molecular flexibility index (Phi) is 6.71. The van der Waals surface area contributed by atoms with Crippen molar-refractivity contribution in [3.8, 4) is 5.88 Å². The van der Waals surface area contributed by atoms with Crippen molar-refractivity contribution in [2.24, 2.45) is 16.6 Å². The lowest BCUT2D eigenvalue weighted by Gasteiger charge is -2.09. The summed E-state index contributed by atoms with van der Waals surface area (Å²) in [7, 11) is 0. The second kappa shape index (κ2) is 8.34. The van der Waals surface area contributed by atoms with Crippen LogP contribution in [0.5, 0.6) is 5.88 Å². The van der Waals surface area contributed by atoms with Gasteiger partial charge in [0.05, 0.1) is 13.2 Å². The van der Waals surface area contributed by atoms with Gasteiger partial charge in [-0.1, -0.05) is 26.8 Å². The molecule has 0 radical (unpaired) electrons. The van der Waals surface area contributed by atoms with E-state index in [-0.39, 0.29) is 0 Å². The van der Waals surface area contributed by atoms with Gasteiger partial charge < -0.3 is 15.8 Å². The van der Waals surface area contributed by atoms with Gasteiger partial charge >= 0.3 is 0 Å².